The highest BCUT2D eigenvalue weighted by Gasteiger charge is 2.15. The Morgan fingerprint density at radius 2 is 1.93 bits per heavy atom. The molecule has 0 saturated heterocycles. The molecular weight excluding hydrogens is 368 g/mol. The standard InChI is InChI=1S/C22H24N4O3/c1-14(18-8-7-16(22(27)29-4)9-20(18)28-3)11-24-21-10-19(25-13-26-21)17-6-5-15(2)23-12-17/h5-10,12-14H,11H2,1-4H3,(H,24,25,26). The van der Waals surface area contributed by atoms with Gasteiger partial charge in [0.1, 0.15) is 17.9 Å². The van der Waals surface area contributed by atoms with Crippen LogP contribution >= 0.6 is 0 Å². The van der Waals surface area contributed by atoms with Crippen LogP contribution in [-0.2, 0) is 4.74 Å². The van der Waals surface area contributed by atoms with Crippen molar-refractivity contribution in [3.63, 3.8) is 0 Å². The number of methoxy groups -OCH3 is 2. The third-order valence-corrected chi connectivity index (χ3v) is 4.65. The van der Waals surface area contributed by atoms with Crippen molar-refractivity contribution in [1.29, 1.82) is 0 Å². The number of rotatable bonds is 7. The van der Waals surface area contributed by atoms with Crippen LogP contribution in [0.3, 0.4) is 0 Å². The van der Waals surface area contributed by atoms with Gasteiger partial charge in [0.15, 0.2) is 0 Å². The van der Waals surface area contributed by atoms with Crippen LogP contribution in [0.4, 0.5) is 5.82 Å². The van der Waals surface area contributed by atoms with E-state index in [4.69, 9.17) is 9.47 Å². The molecule has 0 amide bonds. The van der Waals surface area contributed by atoms with E-state index in [-0.39, 0.29) is 11.9 Å². The summed E-state index contributed by atoms with van der Waals surface area (Å²) in [5.41, 5.74) is 4.16. The fourth-order valence-corrected chi connectivity index (χ4v) is 2.96. The van der Waals surface area contributed by atoms with E-state index in [1.165, 1.54) is 13.4 Å². The molecule has 0 fully saturated rings. The Morgan fingerprint density at radius 1 is 1.10 bits per heavy atom. The van der Waals surface area contributed by atoms with E-state index < -0.39 is 0 Å². The quantitative estimate of drug-likeness (QED) is 0.611. The third-order valence-electron chi connectivity index (χ3n) is 4.65. The molecule has 150 valence electrons. The summed E-state index contributed by atoms with van der Waals surface area (Å²) >= 11 is 0. The van der Waals surface area contributed by atoms with Gasteiger partial charge < -0.3 is 14.8 Å². The van der Waals surface area contributed by atoms with Crippen LogP contribution in [0.25, 0.3) is 11.3 Å². The normalized spacial score (nSPS) is 11.6. The molecular formula is C22H24N4O3. The smallest absolute Gasteiger partial charge is 0.337 e. The van der Waals surface area contributed by atoms with Gasteiger partial charge in [0.25, 0.3) is 0 Å². The molecule has 7 heteroatoms. The van der Waals surface area contributed by atoms with E-state index in [1.807, 2.05) is 31.2 Å². The molecule has 7 nitrogen and oxygen atoms in total. The molecule has 0 spiro atoms. The molecule has 1 unspecified atom stereocenters. The van der Waals surface area contributed by atoms with Crippen molar-refractivity contribution in [2.75, 3.05) is 26.1 Å². The van der Waals surface area contributed by atoms with Gasteiger partial charge in [-0.15, -0.1) is 0 Å². The molecule has 1 aromatic carbocycles. The lowest BCUT2D eigenvalue weighted by atomic mass is 9.98. The Bertz CT molecular complexity index is 990. The van der Waals surface area contributed by atoms with E-state index in [2.05, 4.69) is 27.2 Å². The Balaban J connectivity index is 1.72. The average molecular weight is 392 g/mol. The highest BCUT2D eigenvalue weighted by molar-refractivity contribution is 5.90. The minimum absolute atomic E-state index is 0.121. The molecule has 2 aromatic heterocycles. The van der Waals surface area contributed by atoms with Crippen molar-refractivity contribution in [3.05, 3.63) is 65.7 Å². The minimum atomic E-state index is -0.389. The van der Waals surface area contributed by atoms with Crippen molar-refractivity contribution < 1.29 is 14.3 Å². The summed E-state index contributed by atoms with van der Waals surface area (Å²) in [6.45, 7) is 4.66. The first-order chi connectivity index (χ1) is 14.0. The van der Waals surface area contributed by atoms with Crippen LogP contribution in [0.15, 0.2) is 48.9 Å². The number of carbonyl (C=O) groups excluding carboxylic acids is 1. The predicted octanol–water partition coefficient (Wildman–Crippen LogP) is 3.86. The lowest BCUT2D eigenvalue weighted by molar-refractivity contribution is 0.0600. The van der Waals surface area contributed by atoms with Gasteiger partial charge in [-0.1, -0.05) is 13.0 Å². The summed E-state index contributed by atoms with van der Waals surface area (Å²) in [5, 5.41) is 3.35. The fraction of sp³-hybridized carbons (Fsp3) is 0.273. The topological polar surface area (TPSA) is 86.2 Å². The van der Waals surface area contributed by atoms with Crippen molar-refractivity contribution >= 4 is 11.8 Å². The second-order valence-electron chi connectivity index (χ2n) is 6.71. The van der Waals surface area contributed by atoms with Crippen molar-refractivity contribution in [1.82, 2.24) is 15.0 Å². The number of esters is 1. The first-order valence-electron chi connectivity index (χ1n) is 9.27. The Morgan fingerprint density at radius 3 is 2.62 bits per heavy atom. The number of nitrogens with one attached hydrogen (secondary N) is 1. The Kier molecular flexibility index (Phi) is 6.39. The fourth-order valence-electron chi connectivity index (χ4n) is 2.96. The number of hydrogen-bond acceptors (Lipinski definition) is 7. The van der Waals surface area contributed by atoms with Crippen LogP contribution in [0.2, 0.25) is 0 Å². The molecule has 3 aromatic rings. The first-order valence-corrected chi connectivity index (χ1v) is 9.27. The molecule has 1 N–H and O–H groups in total. The SMILES string of the molecule is COC(=O)c1ccc(C(C)CNc2cc(-c3ccc(C)nc3)ncn2)c(OC)c1. The van der Waals surface area contributed by atoms with Gasteiger partial charge in [-0.2, -0.15) is 0 Å². The number of benzene rings is 1. The van der Waals surface area contributed by atoms with Crippen LogP contribution < -0.4 is 10.1 Å². The number of ether oxygens (including phenoxy) is 2. The summed E-state index contributed by atoms with van der Waals surface area (Å²) in [7, 11) is 2.95. The molecule has 0 bridgehead atoms. The van der Waals surface area contributed by atoms with Crippen molar-refractivity contribution in [3.8, 4) is 17.0 Å². The third kappa shape index (κ3) is 4.87. The summed E-state index contributed by atoms with van der Waals surface area (Å²) in [6, 6.07) is 11.2. The zero-order valence-electron chi connectivity index (χ0n) is 17.0. The first kappa shape index (κ1) is 20.3. The summed E-state index contributed by atoms with van der Waals surface area (Å²) in [5.74, 6) is 1.11. The number of carbonyl (C=O) groups is 1. The molecule has 3 rings (SSSR count). The average Bonchev–Trinajstić information content (AvgIpc) is 2.77. The number of anilines is 1. The van der Waals surface area contributed by atoms with E-state index >= 15 is 0 Å². The maximum Gasteiger partial charge on any atom is 0.337 e. The van der Waals surface area contributed by atoms with Gasteiger partial charge in [-0.05, 0) is 36.8 Å². The van der Waals surface area contributed by atoms with E-state index in [1.54, 1.807) is 25.4 Å². The summed E-state index contributed by atoms with van der Waals surface area (Å²) < 4.78 is 10.2. The number of nitrogens with zero attached hydrogens (tertiary/aromatic N) is 3. The summed E-state index contributed by atoms with van der Waals surface area (Å²) in [4.78, 5) is 24.7. The van der Waals surface area contributed by atoms with Gasteiger partial charge in [-0.25, -0.2) is 14.8 Å². The second kappa shape index (κ2) is 9.14. The molecule has 0 aliphatic heterocycles. The lowest BCUT2D eigenvalue weighted by Gasteiger charge is -2.17. The van der Waals surface area contributed by atoms with E-state index in [0.717, 1.165) is 28.3 Å². The monoisotopic (exact) mass is 392 g/mol. The van der Waals surface area contributed by atoms with Crippen LogP contribution in [-0.4, -0.2) is 41.7 Å². The molecule has 1 atom stereocenters. The molecule has 0 radical (unpaired) electrons. The van der Waals surface area contributed by atoms with E-state index in [9.17, 15) is 4.79 Å². The van der Waals surface area contributed by atoms with Gasteiger partial charge in [0.2, 0.25) is 0 Å². The van der Waals surface area contributed by atoms with Crippen LogP contribution in [0.5, 0.6) is 5.75 Å². The van der Waals surface area contributed by atoms with Crippen LogP contribution in [0, 0.1) is 6.92 Å². The second-order valence-corrected chi connectivity index (χ2v) is 6.71. The lowest BCUT2D eigenvalue weighted by Crippen LogP contribution is -2.12. The highest BCUT2D eigenvalue weighted by atomic mass is 16.5. The zero-order valence-corrected chi connectivity index (χ0v) is 17.0. The number of aryl methyl sites for hydroxylation is 1. The molecule has 29 heavy (non-hydrogen) atoms. The van der Waals surface area contributed by atoms with E-state index in [0.29, 0.717) is 17.9 Å². The number of aromatic nitrogens is 3. The van der Waals surface area contributed by atoms with Gasteiger partial charge >= 0.3 is 5.97 Å². The van der Waals surface area contributed by atoms with Gasteiger partial charge in [-0.3, -0.25) is 4.98 Å². The van der Waals surface area contributed by atoms with Crippen LogP contribution in [0.1, 0.15) is 34.5 Å². The zero-order chi connectivity index (χ0) is 20.8. The van der Waals surface area contributed by atoms with Gasteiger partial charge in [0.05, 0.1) is 25.5 Å². The van der Waals surface area contributed by atoms with Crippen molar-refractivity contribution in [2.45, 2.75) is 19.8 Å². The number of pyridine rings is 1. The highest BCUT2D eigenvalue weighted by Crippen LogP contribution is 2.28. The Labute approximate surface area is 170 Å². The minimum Gasteiger partial charge on any atom is -0.496 e. The molecule has 0 aliphatic carbocycles. The largest absolute Gasteiger partial charge is 0.496 e. The Hall–Kier alpha value is -3.48. The predicted molar refractivity (Wildman–Crippen MR) is 111 cm³/mol. The molecule has 0 saturated carbocycles. The maximum absolute atomic E-state index is 11.7. The van der Waals surface area contributed by atoms with Gasteiger partial charge in [0, 0.05) is 36.0 Å². The molecule has 0 aliphatic rings. The number of hydrogen-bond donors (Lipinski definition) is 1. The maximum atomic E-state index is 11.7. The molecule has 2 heterocycles. The summed E-state index contributed by atoms with van der Waals surface area (Å²) in [6.07, 6.45) is 3.34. The van der Waals surface area contributed by atoms with Crippen molar-refractivity contribution in [2.24, 2.45) is 0 Å².